The average Bonchev–Trinajstić information content (AvgIpc) is 2.92. The number of rotatable bonds is 5. The van der Waals surface area contributed by atoms with Gasteiger partial charge in [0.05, 0.1) is 8.07 Å². The summed E-state index contributed by atoms with van der Waals surface area (Å²) in [5, 5.41) is 5.79. The smallest absolute Gasteiger partial charge is 1.00 e. The van der Waals surface area contributed by atoms with E-state index >= 15 is 0 Å². The van der Waals surface area contributed by atoms with Crippen LogP contribution < -0.4 is 30.1 Å². The van der Waals surface area contributed by atoms with Crippen LogP contribution in [0, 0.1) is 0 Å². The van der Waals surface area contributed by atoms with E-state index in [-0.39, 0.29) is 46.5 Å². The maximum Gasteiger partial charge on any atom is 2.00 e. The van der Waals surface area contributed by atoms with E-state index in [0.29, 0.717) is 5.04 Å². The number of hydrogen-bond donors (Lipinski definition) is 1. The second-order valence-electron chi connectivity index (χ2n) is 7.00. The molecule has 5 heteroatoms. The van der Waals surface area contributed by atoms with Gasteiger partial charge in [-0.05, 0) is 23.2 Å². The molecule has 2 rings (SSSR count). The van der Waals surface area contributed by atoms with Crippen molar-refractivity contribution < 1.29 is 46.5 Å². The monoisotopic (exact) mass is 403 g/mol. The van der Waals surface area contributed by atoms with Gasteiger partial charge in [0.25, 0.3) is 0 Å². The Morgan fingerprint density at radius 3 is 2.17 bits per heavy atom. The van der Waals surface area contributed by atoms with E-state index in [1.54, 1.807) is 5.20 Å². The van der Waals surface area contributed by atoms with Crippen LogP contribution in [0.15, 0.2) is 53.8 Å². The Kier molecular flexibility index (Phi) is 12.1. The molecule has 0 saturated carbocycles. The molecule has 0 radical (unpaired) electrons. The minimum absolute atomic E-state index is 0. The summed E-state index contributed by atoms with van der Waals surface area (Å²) in [7, 11) is -1.48. The maximum atomic E-state index is 3.72. The third-order valence-electron chi connectivity index (χ3n) is 4.79. The Hall–Kier alpha value is 0.171. The fourth-order valence-corrected chi connectivity index (χ4v) is 6.15. The topological polar surface area (TPSA) is 12.0 Å². The zero-order valence-corrected chi connectivity index (χ0v) is 18.6. The van der Waals surface area contributed by atoms with Crippen molar-refractivity contribution in [2.24, 2.45) is 0 Å². The van der Waals surface area contributed by atoms with Gasteiger partial charge in [0, 0.05) is 6.54 Å². The molecule has 1 N–H and O–H groups in total. The molecule has 1 aliphatic carbocycles. The Morgan fingerprint density at radius 2 is 1.70 bits per heavy atom. The molecule has 0 fully saturated rings. The molecule has 0 bridgehead atoms. The van der Waals surface area contributed by atoms with Crippen molar-refractivity contribution >= 4 is 8.07 Å². The Balaban J connectivity index is 0. The molecular weight excluding hydrogens is 377 g/mol. The Morgan fingerprint density at radius 1 is 1.09 bits per heavy atom. The molecule has 0 aromatic heterocycles. The van der Waals surface area contributed by atoms with Gasteiger partial charge in [0.2, 0.25) is 0 Å². The first-order valence-corrected chi connectivity index (χ1v) is 10.2. The molecule has 1 unspecified atom stereocenters. The van der Waals surface area contributed by atoms with Gasteiger partial charge < -0.3 is 30.1 Å². The molecule has 0 spiro atoms. The zero-order chi connectivity index (χ0) is 14.6. The number of hydrogen-bond acceptors (Lipinski definition) is 1. The van der Waals surface area contributed by atoms with Crippen molar-refractivity contribution in [2.45, 2.75) is 45.3 Å². The molecular formula is C18H27Cl2NSiTi. The SMILES string of the molecule is CC(C)(C)[Si](C)(CNCc1ccccc1)C1=CC=CC1.[Cl-].[Cl-].[Ti+2]. The fraction of sp³-hybridized carbons (Fsp3) is 0.444. The zero-order valence-electron chi connectivity index (χ0n) is 14.5. The predicted octanol–water partition coefficient (Wildman–Crippen LogP) is -1.37. The second kappa shape index (κ2) is 10.9. The average molecular weight is 404 g/mol. The van der Waals surface area contributed by atoms with E-state index in [9.17, 15) is 0 Å². The molecule has 1 aromatic rings. The van der Waals surface area contributed by atoms with Crippen LogP contribution in [0.1, 0.15) is 32.8 Å². The van der Waals surface area contributed by atoms with E-state index in [1.807, 2.05) is 0 Å². The van der Waals surface area contributed by atoms with Gasteiger partial charge in [0.1, 0.15) is 0 Å². The van der Waals surface area contributed by atoms with Crippen LogP contribution in [0.2, 0.25) is 11.6 Å². The summed E-state index contributed by atoms with van der Waals surface area (Å²) in [5.41, 5.74) is 1.37. The third-order valence-corrected chi connectivity index (χ3v) is 10.8. The number of benzene rings is 1. The van der Waals surface area contributed by atoms with Crippen LogP contribution in [-0.4, -0.2) is 14.2 Å². The summed E-state index contributed by atoms with van der Waals surface area (Å²) in [6.45, 7) is 10.7. The summed E-state index contributed by atoms with van der Waals surface area (Å²) in [4.78, 5) is 0. The minimum Gasteiger partial charge on any atom is -1.00 e. The summed E-state index contributed by atoms with van der Waals surface area (Å²) >= 11 is 0. The molecule has 1 nitrogen and oxygen atoms in total. The van der Waals surface area contributed by atoms with Crippen molar-refractivity contribution in [1.29, 1.82) is 0 Å². The van der Waals surface area contributed by atoms with Crippen LogP contribution in [0.3, 0.4) is 0 Å². The van der Waals surface area contributed by atoms with E-state index < -0.39 is 8.07 Å². The molecule has 0 amide bonds. The molecule has 1 aromatic carbocycles. The van der Waals surface area contributed by atoms with Gasteiger partial charge >= 0.3 is 21.7 Å². The van der Waals surface area contributed by atoms with Gasteiger partial charge in [-0.2, -0.15) is 0 Å². The Labute approximate surface area is 170 Å². The van der Waals surface area contributed by atoms with Crippen molar-refractivity contribution in [3.05, 3.63) is 59.3 Å². The summed E-state index contributed by atoms with van der Waals surface area (Å²) in [6, 6.07) is 10.7. The quantitative estimate of drug-likeness (QED) is 0.598. The molecule has 1 atom stereocenters. The molecule has 0 saturated heterocycles. The summed E-state index contributed by atoms with van der Waals surface area (Å²) in [6.07, 6.45) is 9.20. The van der Waals surface area contributed by atoms with Crippen LogP contribution in [0.5, 0.6) is 0 Å². The van der Waals surface area contributed by atoms with Gasteiger partial charge in [-0.15, -0.1) is 0 Å². The van der Waals surface area contributed by atoms with E-state index in [0.717, 1.165) is 19.1 Å². The molecule has 0 heterocycles. The van der Waals surface area contributed by atoms with Crippen molar-refractivity contribution in [3.63, 3.8) is 0 Å². The van der Waals surface area contributed by atoms with Crippen molar-refractivity contribution in [2.75, 3.05) is 6.17 Å². The standard InChI is InChI=1S/C18H27NSi.2ClH.Ti/c1-18(2,3)20(4,17-12-8-9-13-17)15-19-14-16-10-6-5-7-11-16;;;/h5-12,19H,13-15H2,1-4H3;2*1H;/q;;;+2/p-2. The van der Waals surface area contributed by atoms with Crippen molar-refractivity contribution in [3.8, 4) is 0 Å². The van der Waals surface area contributed by atoms with Gasteiger partial charge in [0.15, 0.2) is 0 Å². The summed E-state index contributed by atoms with van der Waals surface area (Å²) in [5.74, 6) is 0. The van der Waals surface area contributed by atoms with Crippen LogP contribution in [0.4, 0.5) is 0 Å². The van der Waals surface area contributed by atoms with E-state index in [2.05, 4.69) is 81.2 Å². The number of allylic oxidation sites excluding steroid dienone is 4. The second-order valence-corrected chi connectivity index (χ2v) is 12.2. The van der Waals surface area contributed by atoms with Crippen LogP contribution >= 0.6 is 0 Å². The van der Waals surface area contributed by atoms with Gasteiger partial charge in [-0.1, -0.05) is 81.1 Å². The summed E-state index contributed by atoms with van der Waals surface area (Å²) < 4.78 is 0. The van der Waals surface area contributed by atoms with E-state index in [4.69, 9.17) is 0 Å². The molecule has 1 aliphatic rings. The van der Waals surface area contributed by atoms with Crippen LogP contribution in [0.25, 0.3) is 0 Å². The number of halogens is 2. The minimum atomic E-state index is -1.48. The molecule has 126 valence electrons. The van der Waals surface area contributed by atoms with Crippen LogP contribution in [-0.2, 0) is 28.3 Å². The molecule has 23 heavy (non-hydrogen) atoms. The van der Waals surface area contributed by atoms with Gasteiger partial charge in [-0.25, -0.2) is 0 Å². The first-order chi connectivity index (χ1) is 9.43. The van der Waals surface area contributed by atoms with Gasteiger partial charge in [-0.3, -0.25) is 0 Å². The first kappa shape index (κ1) is 25.4. The van der Waals surface area contributed by atoms with E-state index in [1.165, 1.54) is 5.56 Å². The normalized spacial score (nSPS) is 15.6. The molecule has 0 aliphatic heterocycles. The third kappa shape index (κ3) is 6.53. The van der Waals surface area contributed by atoms with Crippen molar-refractivity contribution in [1.82, 2.24) is 5.32 Å². The number of nitrogens with one attached hydrogen (secondary N) is 1. The Bertz CT molecular complexity index is 512. The first-order valence-electron chi connectivity index (χ1n) is 7.54. The maximum absolute atomic E-state index is 3.72. The predicted molar refractivity (Wildman–Crippen MR) is 91.3 cm³/mol. The largest absolute Gasteiger partial charge is 2.00 e. The fourth-order valence-electron chi connectivity index (χ4n) is 2.77.